The van der Waals surface area contributed by atoms with Crippen LogP contribution in [0.5, 0.6) is 0 Å². The SMILES string of the molecule is Nc1nnnn1N=Cc1ccc(-c2cc([N+](=O)[O-])ccc2Cl)o1. The Hall–Kier alpha value is -3.27. The summed E-state index contributed by atoms with van der Waals surface area (Å²) in [6, 6.07) is 7.33. The van der Waals surface area contributed by atoms with Gasteiger partial charge in [0.25, 0.3) is 11.6 Å². The number of halogens is 1. The molecule has 116 valence electrons. The molecule has 2 heterocycles. The van der Waals surface area contributed by atoms with Crippen LogP contribution in [-0.2, 0) is 0 Å². The van der Waals surface area contributed by atoms with E-state index >= 15 is 0 Å². The van der Waals surface area contributed by atoms with E-state index in [2.05, 4.69) is 20.6 Å². The number of anilines is 1. The van der Waals surface area contributed by atoms with E-state index in [1.807, 2.05) is 0 Å². The normalized spacial score (nSPS) is 11.2. The van der Waals surface area contributed by atoms with Gasteiger partial charge in [0, 0.05) is 17.7 Å². The van der Waals surface area contributed by atoms with Crippen molar-refractivity contribution in [3.8, 4) is 11.3 Å². The summed E-state index contributed by atoms with van der Waals surface area (Å²) in [5.74, 6) is 0.761. The Kier molecular flexibility index (Phi) is 3.73. The van der Waals surface area contributed by atoms with Gasteiger partial charge in [-0.2, -0.15) is 5.10 Å². The van der Waals surface area contributed by atoms with E-state index in [0.717, 1.165) is 4.79 Å². The standard InChI is InChI=1S/C12H8ClN7O3/c13-10-3-1-7(20(21)22)5-9(10)11-4-2-8(23-11)6-15-19-12(14)16-17-18-19/h1-6H,(H2,14,16,18). The Morgan fingerprint density at radius 2 is 2.22 bits per heavy atom. The number of nitro groups is 1. The molecule has 3 rings (SSSR count). The first-order chi connectivity index (χ1) is 11.0. The second-order valence-corrected chi connectivity index (χ2v) is 4.70. The van der Waals surface area contributed by atoms with Crippen molar-refractivity contribution in [2.75, 3.05) is 5.73 Å². The van der Waals surface area contributed by atoms with Crippen molar-refractivity contribution in [2.45, 2.75) is 0 Å². The van der Waals surface area contributed by atoms with Crippen molar-refractivity contribution in [1.82, 2.24) is 20.3 Å². The number of tetrazole rings is 1. The third-order valence-corrected chi connectivity index (χ3v) is 3.15. The molecule has 0 saturated carbocycles. The maximum atomic E-state index is 10.8. The zero-order chi connectivity index (χ0) is 16.4. The second kappa shape index (κ2) is 5.85. The van der Waals surface area contributed by atoms with E-state index in [1.54, 1.807) is 12.1 Å². The highest BCUT2D eigenvalue weighted by atomic mass is 35.5. The van der Waals surface area contributed by atoms with E-state index in [1.165, 1.54) is 24.4 Å². The van der Waals surface area contributed by atoms with Gasteiger partial charge in [0.05, 0.1) is 16.2 Å². The quantitative estimate of drug-likeness (QED) is 0.437. The fourth-order valence-corrected chi connectivity index (χ4v) is 1.98. The number of nitrogens with two attached hydrogens (primary N) is 1. The molecule has 1 aromatic carbocycles. The van der Waals surface area contributed by atoms with Gasteiger partial charge in [-0.25, -0.2) is 0 Å². The van der Waals surface area contributed by atoms with Crippen LogP contribution in [0.1, 0.15) is 5.76 Å². The largest absolute Gasteiger partial charge is 0.455 e. The molecule has 0 spiro atoms. The number of non-ortho nitro benzene ring substituents is 1. The van der Waals surface area contributed by atoms with Gasteiger partial charge < -0.3 is 10.2 Å². The molecule has 0 amide bonds. The summed E-state index contributed by atoms with van der Waals surface area (Å²) in [7, 11) is 0. The molecule has 2 aromatic heterocycles. The minimum Gasteiger partial charge on any atom is -0.455 e. The van der Waals surface area contributed by atoms with Crippen LogP contribution in [0.3, 0.4) is 0 Å². The number of furan rings is 1. The maximum Gasteiger partial charge on any atom is 0.270 e. The first-order valence-corrected chi connectivity index (χ1v) is 6.55. The molecule has 0 aliphatic carbocycles. The minimum absolute atomic E-state index is 0.0229. The zero-order valence-corrected chi connectivity index (χ0v) is 12.1. The summed E-state index contributed by atoms with van der Waals surface area (Å²) in [5.41, 5.74) is 5.79. The highest BCUT2D eigenvalue weighted by molar-refractivity contribution is 6.33. The topological polar surface area (TPSA) is 138 Å². The molecule has 0 aliphatic heterocycles. The van der Waals surface area contributed by atoms with Crippen molar-refractivity contribution in [3.63, 3.8) is 0 Å². The molecule has 0 atom stereocenters. The van der Waals surface area contributed by atoms with Crippen molar-refractivity contribution < 1.29 is 9.34 Å². The number of aromatic nitrogens is 4. The number of benzene rings is 1. The Bertz CT molecular complexity index is 902. The van der Waals surface area contributed by atoms with Crippen LogP contribution in [0.25, 0.3) is 11.3 Å². The second-order valence-electron chi connectivity index (χ2n) is 4.29. The summed E-state index contributed by atoms with van der Waals surface area (Å²) >= 11 is 6.06. The summed E-state index contributed by atoms with van der Waals surface area (Å²) < 4.78 is 5.54. The van der Waals surface area contributed by atoms with E-state index in [9.17, 15) is 10.1 Å². The Labute approximate surface area is 133 Å². The number of hydrogen-bond donors (Lipinski definition) is 1. The summed E-state index contributed by atoms with van der Waals surface area (Å²) in [4.78, 5) is 11.4. The van der Waals surface area contributed by atoms with Gasteiger partial charge >= 0.3 is 0 Å². The van der Waals surface area contributed by atoms with Crippen LogP contribution in [-0.4, -0.2) is 31.5 Å². The minimum atomic E-state index is -0.508. The lowest BCUT2D eigenvalue weighted by Gasteiger charge is -2.00. The third-order valence-electron chi connectivity index (χ3n) is 2.82. The summed E-state index contributed by atoms with van der Waals surface area (Å²) in [6.07, 6.45) is 1.35. The number of nitro benzene ring substituents is 1. The predicted molar refractivity (Wildman–Crippen MR) is 81.0 cm³/mol. The van der Waals surface area contributed by atoms with Crippen LogP contribution in [0.2, 0.25) is 5.02 Å². The van der Waals surface area contributed by atoms with Gasteiger partial charge in [-0.1, -0.05) is 21.5 Å². The van der Waals surface area contributed by atoms with Crippen molar-refractivity contribution in [2.24, 2.45) is 5.10 Å². The van der Waals surface area contributed by atoms with E-state index in [-0.39, 0.29) is 11.6 Å². The van der Waals surface area contributed by atoms with Crippen LogP contribution in [0, 0.1) is 10.1 Å². The van der Waals surface area contributed by atoms with Crippen LogP contribution in [0.4, 0.5) is 11.6 Å². The smallest absolute Gasteiger partial charge is 0.270 e. The summed E-state index contributed by atoms with van der Waals surface area (Å²) in [5, 5.41) is 25.4. The third kappa shape index (κ3) is 3.01. The van der Waals surface area contributed by atoms with E-state index < -0.39 is 4.92 Å². The molecule has 0 saturated heterocycles. The molecule has 0 aliphatic rings. The molecule has 0 fully saturated rings. The van der Waals surface area contributed by atoms with E-state index in [4.69, 9.17) is 21.8 Å². The highest BCUT2D eigenvalue weighted by Gasteiger charge is 2.14. The fourth-order valence-electron chi connectivity index (χ4n) is 1.77. The Morgan fingerprint density at radius 1 is 1.39 bits per heavy atom. The Balaban J connectivity index is 1.90. The maximum absolute atomic E-state index is 10.8. The highest BCUT2D eigenvalue weighted by Crippen LogP contribution is 2.32. The lowest BCUT2D eigenvalue weighted by atomic mass is 10.1. The lowest BCUT2D eigenvalue weighted by molar-refractivity contribution is -0.384. The summed E-state index contributed by atoms with van der Waals surface area (Å²) in [6.45, 7) is 0. The van der Waals surface area contributed by atoms with Gasteiger partial charge in [-0.05, 0) is 28.6 Å². The van der Waals surface area contributed by atoms with Crippen LogP contribution >= 0.6 is 11.6 Å². The van der Waals surface area contributed by atoms with Gasteiger partial charge in [0.15, 0.2) is 0 Å². The molecule has 0 radical (unpaired) electrons. The average molecular weight is 334 g/mol. The molecule has 0 bridgehead atoms. The predicted octanol–water partition coefficient (Wildman–Crippen LogP) is 1.96. The number of nitrogen functional groups attached to an aromatic ring is 1. The molecule has 2 N–H and O–H groups in total. The first-order valence-electron chi connectivity index (χ1n) is 6.17. The molecule has 0 unspecified atom stereocenters. The molecule has 23 heavy (non-hydrogen) atoms. The van der Waals surface area contributed by atoms with Crippen LogP contribution in [0.15, 0.2) is 39.9 Å². The zero-order valence-electron chi connectivity index (χ0n) is 11.3. The van der Waals surface area contributed by atoms with Gasteiger partial charge in [0.2, 0.25) is 0 Å². The van der Waals surface area contributed by atoms with Crippen molar-refractivity contribution >= 4 is 29.5 Å². The lowest BCUT2D eigenvalue weighted by Crippen LogP contribution is -1.99. The van der Waals surface area contributed by atoms with Crippen molar-refractivity contribution in [3.05, 3.63) is 51.2 Å². The first kappa shape index (κ1) is 14.7. The van der Waals surface area contributed by atoms with Gasteiger partial charge in [-0.15, -0.1) is 0 Å². The molecular formula is C12H8ClN7O3. The number of nitrogens with zero attached hydrogens (tertiary/aromatic N) is 6. The van der Waals surface area contributed by atoms with Crippen molar-refractivity contribution in [1.29, 1.82) is 0 Å². The van der Waals surface area contributed by atoms with Gasteiger partial charge in [0.1, 0.15) is 11.5 Å². The van der Waals surface area contributed by atoms with E-state index in [0.29, 0.717) is 22.1 Å². The molecule has 10 nitrogen and oxygen atoms in total. The average Bonchev–Trinajstić information content (AvgIpc) is 3.14. The number of rotatable bonds is 4. The number of hydrogen-bond acceptors (Lipinski definition) is 8. The Morgan fingerprint density at radius 3 is 2.91 bits per heavy atom. The molecule has 11 heteroatoms. The molecular weight excluding hydrogens is 326 g/mol. The monoisotopic (exact) mass is 333 g/mol. The van der Waals surface area contributed by atoms with Crippen LogP contribution < -0.4 is 5.73 Å². The molecule has 3 aromatic rings. The fraction of sp³-hybridized carbons (Fsp3) is 0. The van der Waals surface area contributed by atoms with Gasteiger partial charge in [-0.3, -0.25) is 10.1 Å².